The van der Waals surface area contributed by atoms with Gasteiger partial charge in [-0.3, -0.25) is 14.4 Å². The van der Waals surface area contributed by atoms with E-state index in [0.717, 1.165) is 83.5 Å². The molecule has 0 aliphatic heterocycles. The van der Waals surface area contributed by atoms with E-state index in [1.165, 1.54) is 116 Å². The number of esters is 3. The number of hydrogen-bond acceptors (Lipinski definition) is 6. The quantitative estimate of drug-likeness (QED) is 0.0200. The minimum Gasteiger partial charge on any atom is -0.462 e. The molecule has 0 aromatic carbocycles. The standard InChI is InChI=1S/C53H92O6/c1-4-7-10-13-16-19-22-25-26-29-31-34-37-40-43-46-52(55)58-49-50(59-53(56)47-44-41-38-35-32-28-24-21-18-15-12-9-6-3)48-57-51(54)45-42-39-36-33-30-27-23-20-17-14-11-8-5-2/h9,12,15,18,21,24,27-28,30,32,50H,4-8,10-11,13-14,16-17,19-20,22-23,25-26,29,31,33-49H2,1-3H3/b12-9-,18-15-,24-21-,30-27-,32-28-. The zero-order valence-electron chi connectivity index (χ0n) is 38.8. The number of unbranched alkanes of at least 4 members (excludes halogenated alkanes) is 26. The van der Waals surface area contributed by atoms with Crippen LogP contribution in [0.15, 0.2) is 60.8 Å². The van der Waals surface area contributed by atoms with Crippen LogP contribution in [0.3, 0.4) is 0 Å². The van der Waals surface area contributed by atoms with Crippen molar-refractivity contribution in [3.63, 3.8) is 0 Å². The summed E-state index contributed by atoms with van der Waals surface area (Å²) in [5.74, 6) is -0.946. The predicted octanol–water partition coefficient (Wildman–Crippen LogP) is 16.1. The van der Waals surface area contributed by atoms with E-state index in [0.29, 0.717) is 12.8 Å². The maximum atomic E-state index is 12.7. The van der Waals surface area contributed by atoms with Gasteiger partial charge in [0.1, 0.15) is 13.2 Å². The molecule has 0 saturated heterocycles. The van der Waals surface area contributed by atoms with Crippen molar-refractivity contribution in [3.05, 3.63) is 60.8 Å². The first-order chi connectivity index (χ1) is 29.0. The Labute approximate surface area is 364 Å². The summed E-state index contributed by atoms with van der Waals surface area (Å²) in [5.41, 5.74) is 0. The lowest BCUT2D eigenvalue weighted by molar-refractivity contribution is -0.167. The molecule has 0 spiro atoms. The molecule has 6 heteroatoms. The third-order valence-corrected chi connectivity index (χ3v) is 10.6. The Morgan fingerprint density at radius 2 is 0.678 bits per heavy atom. The van der Waals surface area contributed by atoms with Crippen molar-refractivity contribution in [2.24, 2.45) is 0 Å². The Morgan fingerprint density at radius 1 is 0.356 bits per heavy atom. The molecule has 59 heavy (non-hydrogen) atoms. The summed E-state index contributed by atoms with van der Waals surface area (Å²) < 4.78 is 16.7. The highest BCUT2D eigenvalue weighted by Crippen LogP contribution is 2.15. The first-order valence-corrected chi connectivity index (χ1v) is 24.8. The number of ether oxygens (including phenoxy) is 3. The largest absolute Gasteiger partial charge is 0.462 e. The van der Waals surface area contributed by atoms with Crippen LogP contribution in [0.5, 0.6) is 0 Å². The Balaban J connectivity index is 4.43. The minimum atomic E-state index is -0.797. The van der Waals surface area contributed by atoms with E-state index in [-0.39, 0.29) is 37.5 Å². The summed E-state index contributed by atoms with van der Waals surface area (Å²) in [5, 5.41) is 0. The summed E-state index contributed by atoms with van der Waals surface area (Å²) >= 11 is 0. The predicted molar refractivity (Wildman–Crippen MR) is 251 cm³/mol. The maximum Gasteiger partial charge on any atom is 0.306 e. The lowest BCUT2D eigenvalue weighted by Gasteiger charge is -2.18. The van der Waals surface area contributed by atoms with Gasteiger partial charge < -0.3 is 14.2 Å². The molecule has 1 unspecified atom stereocenters. The van der Waals surface area contributed by atoms with Crippen molar-refractivity contribution in [1.29, 1.82) is 0 Å². The monoisotopic (exact) mass is 825 g/mol. The summed E-state index contributed by atoms with van der Waals surface area (Å²) in [6.07, 6.45) is 57.8. The SMILES string of the molecule is CC\C=C/C=C\C=C/C=C\CCCCCC(=O)OC(COC(=O)CCCCC/C=C\CCCCCCCC)COC(=O)CCCCCCCCCCCCCCCCC. The molecular weight excluding hydrogens is 733 g/mol. The molecule has 0 saturated carbocycles. The topological polar surface area (TPSA) is 78.9 Å². The van der Waals surface area contributed by atoms with E-state index >= 15 is 0 Å². The highest BCUT2D eigenvalue weighted by Gasteiger charge is 2.19. The lowest BCUT2D eigenvalue weighted by Crippen LogP contribution is -2.30. The summed E-state index contributed by atoms with van der Waals surface area (Å²) in [6.45, 7) is 6.45. The molecule has 0 rings (SSSR count). The van der Waals surface area contributed by atoms with Gasteiger partial charge in [-0.2, -0.15) is 0 Å². The molecule has 0 bridgehead atoms. The number of rotatable bonds is 44. The maximum absolute atomic E-state index is 12.7. The second-order valence-corrected chi connectivity index (χ2v) is 16.4. The van der Waals surface area contributed by atoms with Crippen LogP contribution in [0.25, 0.3) is 0 Å². The van der Waals surface area contributed by atoms with Crippen LogP contribution in [0.1, 0.15) is 239 Å². The van der Waals surface area contributed by atoms with Crippen molar-refractivity contribution in [3.8, 4) is 0 Å². The van der Waals surface area contributed by atoms with Crippen LogP contribution in [0.4, 0.5) is 0 Å². The van der Waals surface area contributed by atoms with E-state index in [2.05, 4.69) is 45.1 Å². The van der Waals surface area contributed by atoms with Crippen LogP contribution in [0.2, 0.25) is 0 Å². The van der Waals surface area contributed by atoms with Gasteiger partial charge in [0, 0.05) is 19.3 Å². The average Bonchev–Trinajstić information content (AvgIpc) is 3.23. The van der Waals surface area contributed by atoms with Crippen LogP contribution in [-0.2, 0) is 28.6 Å². The van der Waals surface area contributed by atoms with Gasteiger partial charge in [-0.15, -0.1) is 0 Å². The molecule has 0 N–H and O–H groups in total. The summed E-state index contributed by atoms with van der Waals surface area (Å²) in [4.78, 5) is 37.9. The molecule has 0 fully saturated rings. The number of hydrogen-bond donors (Lipinski definition) is 0. The highest BCUT2D eigenvalue weighted by molar-refractivity contribution is 5.71. The fourth-order valence-corrected chi connectivity index (χ4v) is 6.86. The van der Waals surface area contributed by atoms with Crippen molar-refractivity contribution in [2.75, 3.05) is 13.2 Å². The highest BCUT2D eigenvalue weighted by atomic mass is 16.6. The van der Waals surface area contributed by atoms with Gasteiger partial charge in [-0.05, 0) is 64.2 Å². The van der Waals surface area contributed by atoms with E-state index in [1.54, 1.807) is 0 Å². The molecule has 1 atom stereocenters. The molecule has 0 aromatic rings. The molecule has 0 aromatic heterocycles. The Bertz CT molecular complexity index is 1090. The fraction of sp³-hybridized carbons (Fsp3) is 0.755. The number of carbonyl (C=O) groups excluding carboxylic acids is 3. The van der Waals surface area contributed by atoms with Gasteiger partial charge in [-0.25, -0.2) is 0 Å². The van der Waals surface area contributed by atoms with Crippen LogP contribution in [0, 0.1) is 0 Å². The van der Waals surface area contributed by atoms with Gasteiger partial charge in [-0.1, -0.05) is 216 Å². The number of allylic oxidation sites excluding steroid dienone is 10. The van der Waals surface area contributed by atoms with Crippen molar-refractivity contribution in [2.45, 2.75) is 245 Å². The molecule has 0 heterocycles. The van der Waals surface area contributed by atoms with Gasteiger partial charge in [0.15, 0.2) is 6.10 Å². The van der Waals surface area contributed by atoms with E-state index < -0.39 is 6.10 Å². The second-order valence-electron chi connectivity index (χ2n) is 16.4. The summed E-state index contributed by atoms with van der Waals surface area (Å²) in [6, 6.07) is 0. The molecule has 0 aliphatic carbocycles. The van der Waals surface area contributed by atoms with Crippen molar-refractivity contribution in [1.82, 2.24) is 0 Å². The van der Waals surface area contributed by atoms with E-state index in [1.807, 2.05) is 36.5 Å². The fourth-order valence-electron chi connectivity index (χ4n) is 6.86. The molecule has 0 amide bonds. The Kier molecular flexibility index (Phi) is 45.4. The second kappa shape index (κ2) is 47.8. The Morgan fingerprint density at radius 3 is 1.10 bits per heavy atom. The van der Waals surface area contributed by atoms with Crippen LogP contribution < -0.4 is 0 Å². The molecular formula is C53H92O6. The molecule has 6 nitrogen and oxygen atoms in total. The van der Waals surface area contributed by atoms with E-state index in [9.17, 15) is 14.4 Å². The molecule has 0 aliphatic rings. The zero-order chi connectivity index (χ0) is 43.0. The smallest absolute Gasteiger partial charge is 0.306 e. The van der Waals surface area contributed by atoms with E-state index in [4.69, 9.17) is 14.2 Å². The third kappa shape index (κ3) is 46.0. The first-order valence-electron chi connectivity index (χ1n) is 24.8. The van der Waals surface area contributed by atoms with Gasteiger partial charge in [0.2, 0.25) is 0 Å². The average molecular weight is 825 g/mol. The first kappa shape index (κ1) is 56.1. The third-order valence-electron chi connectivity index (χ3n) is 10.6. The summed E-state index contributed by atoms with van der Waals surface area (Å²) in [7, 11) is 0. The van der Waals surface area contributed by atoms with Crippen molar-refractivity contribution < 1.29 is 28.6 Å². The van der Waals surface area contributed by atoms with Gasteiger partial charge in [0.25, 0.3) is 0 Å². The van der Waals surface area contributed by atoms with Gasteiger partial charge in [0.05, 0.1) is 0 Å². The molecule has 340 valence electrons. The van der Waals surface area contributed by atoms with Crippen LogP contribution >= 0.6 is 0 Å². The lowest BCUT2D eigenvalue weighted by atomic mass is 10.0. The van der Waals surface area contributed by atoms with Crippen LogP contribution in [-0.4, -0.2) is 37.2 Å². The Hall–Kier alpha value is -2.89. The minimum absolute atomic E-state index is 0.0932. The molecule has 0 radical (unpaired) electrons. The normalized spacial score (nSPS) is 12.5. The van der Waals surface area contributed by atoms with Gasteiger partial charge >= 0.3 is 17.9 Å². The zero-order valence-corrected chi connectivity index (χ0v) is 38.8. The number of carbonyl (C=O) groups is 3. The van der Waals surface area contributed by atoms with Crippen molar-refractivity contribution >= 4 is 17.9 Å².